The lowest BCUT2D eigenvalue weighted by atomic mass is 10.2. The van der Waals surface area contributed by atoms with Gasteiger partial charge in [-0.3, -0.25) is 0 Å². The van der Waals surface area contributed by atoms with Crippen LogP contribution in [-0.2, 0) is 0 Å². The first-order valence-corrected chi connectivity index (χ1v) is 6.29. The van der Waals surface area contributed by atoms with Gasteiger partial charge < -0.3 is 14.8 Å². The number of anilines is 2. The highest BCUT2D eigenvalue weighted by Crippen LogP contribution is 2.33. The summed E-state index contributed by atoms with van der Waals surface area (Å²) < 4.78 is 5.33. The first-order chi connectivity index (χ1) is 9.15. The molecule has 0 radical (unpaired) electrons. The smallest absolute Gasteiger partial charge is 0.374 e. The summed E-state index contributed by atoms with van der Waals surface area (Å²) in [5, 5.41) is 22.0. The largest absolute Gasteiger partial charge is 0.475 e. The molecule has 1 aromatic carbocycles. The molecule has 2 aromatic heterocycles. The van der Waals surface area contributed by atoms with Crippen molar-refractivity contribution >= 4 is 39.1 Å². The lowest BCUT2D eigenvalue weighted by molar-refractivity contribution is 0.0666. The van der Waals surface area contributed by atoms with Gasteiger partial charge in [-0.15, -0.1) is 10.2 Å². The average molecular weight is 275 g/mol. The van der Waals surface area contributed by atoms with E-state index in [0.717, 1.165) is 5.01 Å². The highest BCUT2D eigenvalue weighted by molar-refractivity contribution is 7.15. The molecule has 3 rings (SSSR count). The number of hydrogen-bond acceptors (Lipinski definition) is 6. The van der Waals surface area contributed by atoms with Gasteiger partial charge in [0.15, 0.2) is 0 Å². The maximum absolute atomic E-state index is 11.2. The third kappa shape index (κ3) is 2.04. The molecule has 0 saturated heterocycles. The van der Waals surface area contributed by atoms with Crippen LogP contribution in [0.3, 0.4) is 0 Å². The second-order valence-electron chi connectivity index (χ2n) is 3.86. The van der Waals surface area contributed by atoms with E-state index in [4.69, 9.17) is 4.42 Å². The van der Waals surface area contributed by atoms with Crippen LogP contribution in [0, 0.1) is 6.92 Å². The molecule has 0 amide bonds. The average Bonchev–Trinajstić information content (AvgIpc) is 2.95. The van der Waals surface area contributed by atoms with E-state index in [-0.39, 0.29) is 5.76 Å². The van der Waals surface area contributed by atoms with Crippen LogP contribution in [0.1, 0.15) is 15.6 Å². The molecule has 0 spiro atoms. The zero-order valence-corrected chi connectivity index (χ0v) is 10.7. The second-order valence-corrected chi connectivity index (χ2v) is 5.04. The number of aryl methyl sites for hydroxylation is 1. The number of aromatic nitrogens is 2. The summed E-state index contributed by atoms with van der Waals surface area (Å²) >= 11 is 1.35. The summed E-state index contributed by atoms with van der Waals surface area (Å²) in [7, 11) is 0. The first-order valence-electron chi connectivity index (χ1n) is 5.47. The van der Waals surface area contributed by atoms with Crippen molar-refractivity contribution in [3.63, 3.8) is 0 Å². The number of aromatic carboxylic acids is 1. The zero-order valence-electron chi connectivity index (χ0n) is 9.88. The van der Waals surface area contributed by atoms with E-state index in [1.54, 1.807) is 18.2 Å². The number of nitrogens with zero attached hydrogens (tertiary/aromatic N) is 2. The van der Waals surface area contributed by atoms with Gasteiger partial charge >= 0.3 is 5.97 Å². The Labute approximate surface area is 111 Å². The number of benzene rings is 1. The van der Waals surface area contributed by atoms with Crippen molar-refractivity contribution in [2.75, 3.05) is 5.32 Å². The maximum Gasteiger partial charge on any atom is 0.374 e. The van der Waals surface area contributed by atoms with Gasteiger partial charge in [0.05, 0.1) is 0 Å². The maximum atomic E-state index is 11.2. The van der Waals surface area contributed by atoms with Gasteiger partial charge in [0.1, 0.15) is 16.3 Å². The Morgan fingerprint density at radius 1 is 1.37 bits per heavy atom. The number of carboxylic acid groups (broad SMARTS) is 1. The predicted octanol–water partition coefficient (Wildman–Crippen LogP) is 3.03. The molecule has 0 unspecified atom stereocenters. The first kappa shape index (κ1) is 11.7. The minimum Gasteiger partial charge on any atom is -0.475 e. The molecule has 0 saturated carbocycles. The van der Waals surface area contributed by atoms with Crippen molar-refractivity contribution in [1.82, 2.24) is 10.2 Å². The molecule has 0 bridgehead atoms. The van der Waals surface area contributed by atoms with Crippen molar-refractivity contribution < 1.29 is 14.3 Å². The number of para-hydroxylation sites is 1. The summed E-state index contributed by atoms with van der Waals surface area (Å²) in [6.45, 7) is 1.83. The molecule has 96 valence electrons. The van der Waals surface area contributed by atoms with Gasteiger partial charge in [0.25, 0.3) is 0 Å². The Balaban J connectivity index is 2.14. The van der Waals surface area contributed by atoms with Crippen LogP contribution in [0.25, 0.3) is 11.0 Å². The van der Waals surface area contributed by atoms with E-state index < -0.39 is 5.97 Å². The van der Waals surface area contributed by atoms with Crippen molar-refractivity contribution in [3.8, 4) is 0 Å². The van der Waals surface area contributed by atoms with Gasteiger partial charge in [-0.25, -0.2) is 4.79 Å². The van der Waals surface area contributed by atoms with E-state index >= 15 is 0 Å². The minimum absolute atomic E-state index is 0.131. The van der Waals surface area contributed by atoms with Crippen molar-refractivity contribution in [3.05, 3.63) is 35.0 Å². The molecule has 0 atom stereocenters. The van der Waals surface area contributed by atoms with Crippen molar-refractivity contribution in [2.24, 2.45) is 0 Å². The number of nitrogens with one attached hydrogen (secondary N) is 1. The fourth-order valence-corrected chi connectivity index (χ4v) is 2.37. The summed E-state index contributed by atoms with van der Waals surface area (Å²) in [6, 6.07) is 7.12. The number of carbonyl (C=O) groups is 1. The van der Waals surface area contributed by atoms with E-state index in [1.807, 2.05) is 13.0 Å². The third-order valence-electron chi connectivity index (χ3n) is 2.55. The number of fused-ring (bicyclic) bond motifs is 1. The molecule has 0 aliphatic carbocycles. The molecule has 2 heterocycles. The molecule has 0 fully saturated rings. The van der Waals surface area contributed by atoms with Crippen LogP contribution in [0.4, 0.5) is 10.8 Å². The van der Waals surface area contributed by atoms with Crippen LogP contribution in [0.15, 0.2) is 28.7 Å². The molecule has 0 aliphatic rings. The summed E-state index contributed by atoms with van der Waals surface area (Å²) in [4.78, 5) is 11.2. The second kappa shape index (κ2) is 4.36. The van der Waals surface area contributed by atoms with Crippen LogP contribution in [0.5, 0.6) is 0 Å². The quantitative estimate of drug-likeness (QED) is 0.763. The molecule has 0 aliphatic heterocycles. The van der Waals surface area contributed by atoms with E-state index in [1.165, 1.54) is 11.3 Å². The Morgan fingerprint density at radius 2 is 2.16 bits per heavy atom. The summed E-state index contributed by atoms with van der Waals surface area (Å²) in [5.41, 5.74) is 0.919. The minimum atomic E-state index is -1.13. The lowest BCUT2D eigenvalue weighted by Crippen LogP contribution is -1.99. The molecule has 3 aromatic rings. The zero-order chi connectivity index (χ0) is 13.4. The van der Waals surface area contributed by atoms with Crippen LogP contribution in [-0.4, -0.2) is 21.3 Å². The number of carboxylic acids is 1. The number of hydrogen-bond donors (Lipinski definition) is 2. The van der Waals surface area contributed by atoms with Crippen molar-refractivity contribution in [2.45, 2.75) is 6.92 Å². The van der Waals surface area contributed by atoms with Gasteiger partial charge in [0, 0.05) is 5.39 Å². The Kier molecular flexibility index (Phi) is 2.68. The molecular weight excluding hydrogens is 266 g/mol. The Morgan fingerprint density at radius 3 is 2.84 bits per heavy atom. The summed E-state index contributed by atoms with van der Waals surface area (Å²) in [5.74, 6) is -1.26. The number of furan rings is 1. The Hall–Kier alpha value is -2.41. The standard InChI is InChI=1S/C12H9N3O3S/c1-6-14-15-12(19-6)13-9-7-4-2-3-5-8(7)18-10(9)11(16)17/h2-5H,1H3,(H,13,15)(H,16,17). The molecule has 19 heavy (non-hydrogen) atoms. The fourth-order valence-electron chi connectivity index (χ4n) is 1.77. The molecule has 2 N–H and O–H groups in total. The normalized spacial score (nSPS) is 10.8. The van der Waals surface area contributed by atoms with Crippen LogP contribution < -0.4 is 5.32 Å². The highest BCUT2D eigenvalue weighted by Gasteiger charge is 2.20. The summed E-state index contributed by atoms with van der Waals surface area (Å²) in [6.07, 6.45) is 0. The van der Waals surface area contributed by atoms with E-state index in [9.17, 15) is 9.90 Å². The van der Waals surface area contributed by atoms with Crippen molar-refractivity contribution in [1.29, 1.82) is 0 Å². The van der Waals surface area contributed by atoms with Crippen LogP contribution in [0.2, 0.25) is 0 Å². The van der Waals surface area contributed by atoms with Gasteiger partial charge in [-0.2, -0.15) is 0 Å². The van der Waals surface area contributed by atoms with E-state index in [2.05, 4.69) is 15.5 Å². The molecular formula is C12H9N3O3S. The van der Waals surface area contributed by atoms with Gasteiger partial charge in [0.2, 0.25) is 10.9 Å². The lowest BCUT2D eigenvalue weighted by Gasteiger charge is -1.99. The monoisotopic (exact) mass is 275 g/mol. The fraction of sp³-hybridized carbons (Fsp3) is 0.0833. The highest BCUT2D eigenvalue weighted by atomic mass is 32.1. The third-order valence-corrected chi connectivity index (χ3v) is 3.30. The van der Waals surface area contributed by atoms with Crippen LogP contribution >= 0.6 is 11.3 Å². The van der Waals surface area contributed by atoms with Gasteiger partial charge in [-0.1, -0.05) is 23.5 Å². The molecule has 6 nitrogen and oxygen atoms in total. The van der Waals surface area contributed by atoms with E-state index in [0.29, 0.717) is 21.8 Å². The predicted molar refractivity (Wildman–Crippen MR) is 71.1 cm³/mol. The Bertz CT molecular complexity index is 763. The SMILES string of the molecule is Cc1nnc(Nc2c(C(=O)O)oc3ccccc23)s1. The topological polar surface area (TPSA) is 88.2 Å². The number of rotatable bonds is 3. The van der Waals surface area contributed by atoms with Gasteiger partial charge in [-0.05, 0) is 19.1 Å². The molecule has 7 heteroatoms.